The van der Waals surface area contributed by atoms with E-state index in [-0.39, 0.29) is 12.3 Å². The van der Waals surface area contributed by atoms with E-state index < -0.39 is 18.5 Å². The number of hydrogen-bond donors (Lipinski definition) is 1. The highest BCUT2D eigenvalue weighted by Crippen LogP contribution is 2.26. The molecule has 0 aromatic heterocycles. The molecule has 118 valence electrons. The number of carbonyl (C=O) groups is 1. The molecule has 0 spiro atoms. The second kappa shape index (κ2) is 8.14. The first-order valence-electron chi connectivity index (χ1n) is 6.51. The Bertz CT molecular complexity index is 485. The average Bonchev–Trinajstić information content (AvgIpc) is 2.40. The summed E-state index contributed by atoms with van der Waals surface area (Å²) in [7, 11) is 0. The van der Waals surface area contributed by atoms with Gasteiger partial charge in [0.2, 0.25) is 0 Å². The van der Waals surface area contributed by atoms with Crippen LogP contribution in [0.15, 0.2) is 18.2 Å². The number of halogens is 3. The van der Waals surface area contributed by atoms with Crippen molar-refractivity contribution in [3.8, 4) is 5.75 Å². The van der Waals surface area contributed by atoms with Crippen LogP contribution in [0.3, 0.4) is 0 Å². The van der Waals surface area contributed by atoms with E-state index >= 15 is 0 Å². The number of benzene rings is 1. The van der Waals surface area contributed by atoms with E-state index in [2.05, 4.69) is 4.74 Å². The molecule has 0 aliphatic rings. The maximum Gasteiger partial charge on any atom is 0.387 e. The number of alkyl halides is 2. The van der Waals surface area contributed by atoms with Crippen molar-refractivity contribution in [1.82, 2.24) is 4.90 Å². The van der Waals surface area contributed by atoms with Crippen molar-refractivity contribution in [1.29, 1.82) is 0 Å². The molecule has 1 unspecified atom stereocenters. The van der Waals surface area contributed by atoms with Crippen molar-refractivity contribution in [2.24, 2.45) is 5.92 Å². The molecule has 0 saturated heterocycles. The van der Waals surface area contributed by atoms with Crippen molar-refractivity contribution in [3.05, 3.63) is 28.8 Å². The molecule has 0 radical (unpaired) electrons. The zero-order valence-electron chi connectivity index (χ0n) is 11.9. The number of aliphatic carboxylic acids is 1. The van der Waals surface area contributed by atoms with Crippen molar-refractivity contribution < 1.29 is 23.4 Å². The van der Waals surface area contributed by atoms with Crippen molar-refractivity contribution >= 4 is 17.6 Å². The highest BCUT2D eigenvalue weighted by molar-refractivity contribution is 6.30. The fourth-order valence-electron chi connectivity index (χ4n) is 1.89. The van der Waals surface area contributed by atoms with Gasteiger partial charge in [-0.2, -0.15) is 8.78 Å². The van der Waals surface area contributed by atoms with Gasteiger partial charge >= 0.3 is 12.6 Å². The Morgan fingerprint density at radius 2 is 2.14 bits per heavy atom. The third-order valence-corrected chi connectivity index (χ3v) is 3.27. The van der Waals surface area contributed by atoms with Crippen molar-refractivity contribution in [2.45, 2.75) is 27.0 Å². The molecular formula is C14H18ClF2NO3. The Morgan fingerprint density at radius 3 is 2.67 bits per heavy atom. The normalized spacial score (nSPS) is 12.7. The van der Waals surface area contributed by atoms with Crippen LogP contribution in [0.1, 0.15) is 19.4 Å². The molecule has 0 heterocycles. The van der Waals surface area contributed by atoms with Crippen LogP contribution in [-0.2, 0) is 11.3 Å². The monoisotopic (exact) mass is 321 g/mol. The minimum absolute atomic E-state index is 0.0517. The van der Waals surface area contributed by atoms with E-state index in [1.165, 1.54) is 12.1 Å². The number of carboxylic acids is 1. The first-order chi connectivity index (χ1) is 9.83. The summed E-state index contributed by atoms with van der Waals surface area (Å²) in [6, 6.07) is 4.41. The zero-order valence-corrected chi connectivity index (χ0v) is 12.6. The van der Waals surface area contributed by atoms with E-state index in [0.29, 0.717) is 23.7 Å². The third-order valence-electron chi connectivity index (χ3n) is 3.03. The van der Waals surface area contributed by atoms with Crippen LogP contribution in [0.25, 0.3) is 0 Å². The minimum Gasteiger partial charge on any atom is -0.481 e. The molecule has 1 aromatic rings. The van der Waals surface area contributed by atoms with Crippen molar-refractivity contribution in [2.75, 3.05) is 13.1 Å². The molecular weight excluding hydrogens is 304 g/mol. The second-order valence-electron chi connectivity index (χ2n) is 4.70. The van der Waals surface area contributed by atoms with Crippen LogP contribution < -0.4 is 4.74 Å². The topological polar surface area (TPSA) is 49.8 Å². The molecule has 0 bridgehead atoms. The van der Waals surface area contributed by atoms with Crippen LogP contribution in [0.4, 0.5) is 8.78 Å². The first kappa shape index (κ1) is 17.7. The highest BCUT2D eigenvalue weighted by atomic mass is 35.5. The molecule has 0 aliphatic heterocycles. The summed E-state index contributed by atoms with van der Waals surface area (Å²) in [5.74, 6) is -1.40. The molecule has 0 saturated carbocycles. The lowest BCUT2D eigenvalue weighted by molar-refractivity contribution is -0.141. The number of hydrogen-bond acceptors (Lipinski definition) is 3. The summed E-state index contributed by atoms with van der Waals surface area (Å²) >= 11 is 5.88. The number of nitrogens with zero attached hydrogens (tertiary/aromatic N) is 1. The average molecular weight is 322 g/mol. The fourth-order valence-corrected chi connectivity index (χ4v) is 2.09. The summed E-state index contributed by atoms with van der Waals surface area (Å²) in [6.07, 6.45) is 0. The van der Waals surface area contributed by atoms with E-state index in [1.54, 1.807) is 13.0 Å². The van der Waals surface area contributed by atoms with Gasteiger partial charge in [-0.1, -0.05) is 25.4 Å². The Kier molecular flexibility index (Phi) is 6.84. The Balaban J connectivity index is 2.87. The quantitative estimate of drug-likeness (QED) is 0.796. The maximum absolute atomic E-state index is 12.4. The maximum atomic E-state index is 12.4. The standard InChI is InChI=1S/C14H18ClF2NO3/c1-3-18(7-9(2)13(19)20)8-10-6-11(15)4-5-12(10)21-14(16)17/h4-6,9,14H,3,7-8H2,1-2H3,(H,19,20). The predicted octanol–water partition coefficient (Wildman–Crippen LogP) is 3.48. The molecule has 7 heteroatoms. The largest absolute Gasteiger partial charge is 0.481 e. The third kappa shape index (κ3) is 5.85. The van der Waals surface area contributed by atoms with Gasteiger partial charge in [0.05, 0.1) is 5.92 Å². The van der Waals surface area contributed by atoms with Crippen molar-refractivity contribution in [3.63, 3.8) is 0 Å². The Labute approximate surface area is 127 Å². The zero-order chi connectivity index (χ0) is 16.0. The molecule has 1 rings (SSSR count). The van der Waals surface area contributed by atoms with Crippen LogP contribution >= 0.6 is 11.6 Å². The molecule has 0 fully saturated rings. The van der Waals surface area contributed by atoms with E-state index in [1.807, 2.05) is 11.8 Å². The van der Waals surface area contributed by atoms with E-state index in [4.69, 9.17) is 16.7 Å². The SMILES string of the molecule is CCN(Cc1cc(Cl)ccc1OC(F)F)CC(C)C(=O)O. The van der Waals surface area contributed by atoms with Crippen LogP contribution in [-0.4, -0.2) is 35.7 Å². The lowest BCUT2D eigenvalue weighted by atomic mass is 10.1. The lowest BCUT2D eigenvalue weighted by Crippen LogP contribution is -2.31. The second-order valence-corrected chi connectivity index (χ2v) is 5.13. The number of carboxylic acid groups (broad SMARTS) is 1. The van der Waals surface area contributed by atoms with Gasteiger partial charge in [-0.3, -0.25) is 9.69 Å². The number of rotatable bonds is 8. The smallest absolute Gasteiger partial charge is 0.387 e. The van der Waals surface area contributed by atoms with Crippen LogP contribution in [0, 0.1) is 5.92 Å². The summed E-state index contributed by atoms with van der Waals surface area (Å²) in [5.41, 5.74) is 0.502. The molecule has 1 aromatic carbocycles. The van der Waals surface area contributed by atoms with Gasteiger partial charge in [-0.15, -0.1) is 0 Å². The van der Waals surface area contributed by atoms with Gasteiger partial charge in [0.25, 0.3) is 0 Å². The van der Waals surface area contributed by atoms with Gasteiger partial charge in [0.15, 0.2) is 0 Å². The van der Waals surface area contributed by atoms with Gasteiger partial charge in [0.1, 0.15) is 5.75 Å². The molecule has 1 atom stereocenters. The van der Waals surface area contributed by atoms with Gasteiger partial charge < -0.3 is 9.84 Å². The van der Waals surface area contributed by atoms with Crippen LogP contribution in [0.2, 0.25) is 5.02 Å². The predicted molar refractivity (Wildman–Crippen MR) is 75.8 cm³/mol. The van der Waals surface area contributed by atoms with Crippen LogP contribution in [0.5, 0.6) is 5.75 Å². The summed E-state index contributed by atoms with van der Waals surface area (Å²) in [6.45, 7) is 1.73. The van der Waals surface area contributed by atoms with E-state index in [9.17, 15) is 13.6 Å². The molecule has 0 amide bonds. The number of ether oxygens (including phenoxy) is 1. The highest BCUT2D eigenvalue weighted by Gasteiger charge is 2.18. The molecule has 21 heavy (non-hydrogen) atoms. The van der Waals surface area contributed by atoms with Gasteiger partial charge in [-0.25, -0.2) is 0 Å². The van der Waals surface area contributed by atoms with E-state index in [0.717, 1.165) is 0 Å². The Hall–Kier alpha value is -1.40. The van der Waals surface area contributed by atoms with Gasteiger partial charge in [-0.05, 0) is 24.7 Å². The van der Waals surface area contributed by atoms with Gasteiger partial charge in [0, 0.05) is 23.7 Å². The summed E-state index contributed by atoms with van der Waals surface area (Å²) < 4.78 is 29.2. The first-order valence-corrected chi connectivity index (χ1v) is 6.89. The Morgan fingerprint density at radius 1 is 1.48 bits per heavy atom. The lowest BCUT2D eigenvalue weighted by Gasteiger charge is -2.23. The molecule has 1 N–H and O–H groups in total. The summed E-state index contributed by atoms with van der Waals surface area (Å²) in [4.78, 5) is 12.7. The molecule has 0 aliphatic carbocycles. The fraction of sp³-hybridized carbons (Fsp3) is 0.500. The summed E-state index contributed by atoms with van der Waals surface area (Å²) in [5, 5.41) is 9.35. The molecule has 4 nitrogen and oxygen atoms in total. The minimum atomic E-state index is -2.92.